The average Bonchev–Trinajstić information content (AvgIpc) is 2.68. The number of hydrogen-bond donors (Lipinski definition) is 1. The number of hydrogen-bond acceptors (Lipinski definition) is 6. The van der Waals surface area contributed by atoms with E-state index in [9.17, 15) is 35.5 Å². The number of pyridine rings is 1. The molecule has 2 rings (SSSR count). The molecule has 2 aromatic rings. The van der Waals surface area contributed by atoms with Crippen LogP contribution in [0.2, 0.25) is 0 Å². The van der Waals surface area contributed by atoms with Crippen molar-refractivity contribution in [1.82, 2.24) is 15.0 Å². The zero-order valence-corrected chi connectivity index (χ0v) is 16.3. The largest absolute Gasteiger partial charge is 0.468 e. The van der Waals surface area contributed by atoms with E-state index < -0.39 is 55.1 Å². The highest BCUT2D eigenvalue weighted by Crippen LogP contribution is 2.24. The van der Waals surface area contributed by atoms with Crippen molar-refractivity contribution in [2.45, 2.75) is 25.7 Å². The maximum absolute atomic E-state index is 13.1. The van der Waals surface area contributed by atoms with Crippen molar-refractivity contribution in [2.75, 3.05) is 30.0 Å². The molecule has 2 heterocycles. The monoisotopic (exact) mass is 471 g/mol. The fraction of sp³-hybridized carbons (Fsp3) is 0.412. The van der Waals surface area contributed by atoms with Gasteiger partial charge in [0.25, 0.3) is 0 Å². The maximum atomic E-state index is 13.1. The molecule has 0 saturated carbocycles. The number of aromatic nitrogens is 3. The highest BCUT2D eigenvalue weighted by Gasteiger charge is 2.30. The van der Waals surface area contributed by atoms with Gasteiger partial charge in [0.05, 0.1) is 12.3 Å². The third kappa shape index (κ3) is 8.39. The van der Waals surface area contributed by atoms with Gasteiger partial charge in [-0.05, 0) is 18.6 Å². The van der Waals surface area contributed by atoms with Gasteiger partial charge in [-0.3, -0.25) is 10.2 Å². The Labute approximate surface area is 176 Å². The highest BCUT2D eigenvalue weighted by molar-refractivity contribution is 6.00. The predicted octanol–water partition coefficient (Wildman–Crippen LogP) is 4.34. The molecule has 2 aromatic heterocycles. The summed E-state index contributed by atoms with van der Waals surface area (Å²) in [6.45, 7) is -1.78. The molecule has 0 radical (unpaired) electrons. The van der Waals surface area contributed by atoms with Gasteiger partial charge < -0.3 is 9.47 Å². The van der Waals surface area contributed by atoms with Crippen LogP contribution in [-0.2, 0) is 0 Å². The second-order valence-corrected chi connectivity index (χ2v) is 6.09. The number of nitrogens with zero attached hydrogens (tertiary/aromatic N) is 4. The van der Waals surface area contributed by atoms with Crippen LogP contribution < -0.4 is 19.7 Å². The molecular formula is C17H16F7N5O3. The molecule has 0 fully saturated rings. The number of ether oxygens (including phenoxy) is 2. The Morgan fingerprint density at radius 2 is 1.59 bits per heavy atom. The van der Waals surface area contributed by atoms with Gasteiger partial charge >= 0.3 is 18.4 Å². The Bertz CT molecular complexity index is 871. The average molecular weight is 471 g/mol. The minimum Gasteiger partial charge on any atom is -0.468 e. The summed E-state index contributed by atoms with van der Waals surface area (Å²) in [7, 11) is 0. The predicted molar refractivity (Wildman–Crippen MR) is 96.0 cm³/mol. The third-order valence-corrected chi connectivity index (χ3v) is 3.35. The fourth-order valence-electron chi connectivity index (χ4n) is 2.15. The van der Waals surface area contributed by atoms with Crippen molar-refractivity contribution in [3.8, 4) is 11.8 Å². The minimum atomic E-state index is -4.76. The molecule has 0 unspecified atom stereocenters. The van der Waals surface area contributed by atoms with Gasteiger partial charge in [-0.15, -0.1) is 0 Å². The second kappa shape index (κ2) is 10.3. The van der Waals surface area contributed by atoms with Crippen LogP contribution >= 0.6 is 0 Å². The molecule has 176 valence electrons. The standard InChI is InChI=1S/C17H16F7N5O3/c1-2-5-29(11-4-3-10(18)7-25-11)15(30)28-14-26-12(31-8-16(19,20)21)6-13(27-14)32-9-17(22,23)24/h3-4,6-7H,2,5,8-9H2,1H3,(H,26,27,28,30). The van der Waals surface area contributed by atoms with Crippen LogP contribution in [0.3, 0.4) is 0 Å². The Kier molecular flexibility index (Phi) is 7.99. The molecule has 0 bridgehead atoms. The van der Waals surface area contributed by atoms with Crippen LogP contribution in [0.5, 0.6) is 11.8 Å². The molecule has 0 aliphatic rings. The first kappa shape index (κ1) is 24.9. The molecule has 0 spiro atoms. The summed E-state index contributed by atoms with van der Waals surface area (Å²) in [6.07, 6.45) is -8.22. The van der Waals surface area contributed by atoms with E-state index in [1.807, 2.05) is 0 Å². The van der Waals surface area contributed by atoms with Gasteiger partial charge in [-0.1, -0.05) is 6.92 Å². The normalized spacial score (nSPS) is 11.8. The summed E-state index contributed by atoms with van der Waals surface area (Å²) in [6, 6.07) is 1.93. The summed E-state index contributed by atoms with van der Waals surface area (Å²) in [5.74, 6) is -2.88. The lowest BCUT2D eigenvalue weighted by atomic mass is 10.4. The van der Waals surface area contributed by atoms with E-state index >= 15 is 0 Å². The van der Waals surface area contributed by atoms with E-state index in [4.69, 9.17) is 0 Å². The van der Waals surface area contributed by atoms with E-state index in [1.54, 1.807) is 6.92 Å². The summed E-state index contributed by atoms with van der Waals surface area (Å²) in [5, 5.41) is 2.12. The SMILES string of the molecule is CCCN(C(=O)Nc1nc(OCC(F)(F)F)cc(OCC(F)(F)F)n1)c1ccc(F)cn1. The number of anilines is 2. The lowest BCUT2D eigenvalue weighted by Crippen LogP contribution is -2.36. The molecule has 32 heavy (non-hydrogen) atoms. The third-order valence-electron chi connectivity index (χ3n) is 3.35. The van der Waals surface area contributed by atoms with Crippen molar-refractivity contribution in [3.05, 3.63) is 30.2 Å². The Morgan fingerprint density at radius 3 is 2.03 bits per heavy atom. The molecule has 2 amide bonds. The number of alkyl halides is 6. The maximum Gasteiger partial charge on any atom is 0.422 e. The molecule has 0 atom stereocenters. The van der Waals surface area contributed by atoms with Crippen LogP contribution in [0.4, 0.5) is 47.3 Å². The summed E-state index contributed by atoms with van der Waals surface area (Å²) >= 11 is 0. The van der Waals surface area contributed by atoms with E-state index in [-0.39, 0.29) is 12.4 Å². The van der Waals surface area contributed by atoms with Crippen molar-refractivity contribution < 1.29 is 45.0 Å². The van der Waals surface area contributed by atoms with Crippen molar-refractivity contribution >= 4 is 17.8 Å². The highest BCUT2D eigenvalue weighted by atomic mass is 19.4. The Morgan fingerprint density at radius 1 is 1.03 bits per heavy atom. The van der Waals surface area contributed by atoms with Crippen LogP contribution in [0, 0.1) is 5.82 Å². The molecule has 0 aliphatic carbocycles. The molecule has 0 aliphatic heterocycles. The van der Waals surface area contributed by atoms with Crippen molar-refractivity contribution in [3.63, 3.8) is 0 Å². The molecule has 15 heteroatoms. The van der Waals surface area contributed by atoms with Gasteiger partial charge in [0.2, 0.25) is 17.7 Å². The summed E-state index contributed by atoms with van der Waals surface area (Å²) < 4.78 is 96.4. The Hall–Kier alpha value is -3.39. The van der Waals surface area contributed by atoms with E-state index in [0.717, 1.165) is 17.2 Å². The topological polar surface area (TPSA) is 89.5 Å². The number of nitrogens with one attached hydrogen (secondary N) is 1. The van der Waals surface area contributed by atoms with Crippen molar-refractivity contribution in [1.29, 1.82) is 0 Å². The quantitative estimate of drug-likeness (QED) is 0.577. The first-order chi connectivity index (χ1) is 14.9. The van der Waals surface area contributed by atoms with Crippen LogP contribution in [0.1, 0.15) is 13.3 Å². The number of halogens is 7. The number of amides is 2. The molecule has 0 aromatic carbocycles. The smallest absolute Gasteiger partial charge is 0.422 e. The zero-order chi connectivity index (χ0) is 23.9. The molecule has 1 N–H and O–H groups in total. The van der Waals surface area contributed by atoms with Gasteiger partial charge in [-0.25, -0.2) is 14.2 Å². The van der Waals surface area contributed by atoms with Gasteiger partial charge in [0, 0.05) is 6.54 Å². The first-order valence-corrected chi connectivity index (χ1v) is 8.84. The van der Waals surface area contributed by atoms with Crippen molar-refractivity contribution in [2.24, 2.45) is 0 Å². The Balaban J connectivity index is 2.27. The van der Waals surface area contributed by atoms with Gasteiger partial charge in [-0.2, -0.15) is 36.3 Å². The van der Waals surface area contributed by atoms with Gasteiger partial charge in [0.1, 0.15) is 11.6 Å². The summed E-state index contributed by atoms with van der Waals surface area (Å²) in [5.41, 5.74) is 0. The zero-order valence-electron chi connectivity index (χ0n) is 16.3. The first-order valence-electron chi connectivity index (χ1n) is 8.84. The molecule has 8 nitrogen and oxygen atoms in total. The number of carbonyl (C=O) groups is 1. The number of carbonyl (C=O) groups excluding carboxylic acids is 1. The fourth-order valence-corrected chi connectivity index (χ4v) is 2.15. The van der Waals surface area contributed by atoms with E-state index in [2.05, 4.69) is 29.7 Å². The van der Waals surface area contributed by atoms with Crippen LogP contribution in [-0.4, -0.2) is 53.1 Å². The van der Waals surface area contributed by atoms with Gasteiger partial charge in [0.15, 0.2) is 13.2 Å². The van der Waals surface area contributed by atoms with E-state index in [0.29, 0.717) is 12.5 Å². The lowest BCUT2D eigenvalue weighted by molar-refractivity contribution is -0.154. The second-order valence-electron chi connectivity index (χ2n) is 6.09. The summed E-state index contributed by atoms with van der Waals surface area (Å²) in [4.78, 5) is 24.5. The lowest BCUT2D eigenvalue weighted by Gasteiger charge is -2.21. The minimum absolute atomic E-state index is 0.0313. The number of rotatable bonds is 8. The van der Waals surface area contributed by atoms with Crippen LogP contribution in [0.25, 0.3) is 0 Å². The van der Waals surface area contributed by atoms with Crippen LogP contribution in [0.15, 0.2) is 24.4 Å². The van der Waals surface area contributed by atoms with E-state index in [1.165, 1.54) is 6.07 Å². The molecule has 0 saturated heterocycles. The number of urea groups is 1. The molecular weight excluding hydrogens is 455 g/mol.